The lowest BCUT2D eigenvalue weighted by Crippen LogP contribution is -2.24. The molecule has 0 bridgehead atoms. The lowest BCUT2D eigenvalue weighted by molar-refractivity contribution is -0.143. The molecular weight excluding hydrogens is 319 g/mol. The number of hydrogen-bond donors (Lipinski definition) is 2. The zero-order valence-corrected chi connectivity index (χ0v) is 14.1. The number of aromatic nitrogens is 2. The van der Waals surface area contributed by atoms with E-state index in [4.69, 9.17) is 0 Å². The van der Waals surface area contributed by atoms with E-state index in [1.165, 1.54) is 0 Å². The van der Waals surface area contributed by atoms with Crippen molar-refractivity contribution in [3.05, 3.63) is 46.8 Å². The molecule has 0 spiro atoms. The van der Waals surface area contributed by atoms with Crippen LogP contribution in [0.15, 0.2) is 24.3 Å². The highest BCUT2D eigenvalue weighted by Gasteiger charge is 2.30. The third-order valence-electron chi connectivity index (χ3n) is 4.07. The van der Waals surface area contributed by atoms with Crippen LogP contribution in [0, 0.1) is 13.8 Å². The smallest absolute Gasteiger partial charge is 0.408 e. The van der Waals surface area contributed by atoms with Crippen LogP contribution in [0.3, 0.4) is 0 Å². The zero-order valence-electron chi connectivity index (χ0n) is 14.1. The second-order valence-electron chi connectivity index (χ2n) is 6.06. The molecular formula is C17H22F3N3O. The molecule has 2 N–H and O–H groups in total. The van der Waals surface area contributed by atoms with Crippen molar-refractivity contribution in [1.29, 1.82) is 0 Å². The maximum absolute atomic E-state index is 12.6. The number of phenols is 1. The first-order valence-corrected chi connectivity index (χ1v) is 7.74. The van der Waals surface area contributed by atoms with Crippen LogP contribution in [-0.2, 0) is 6.54 Å². The van der Waals surface area contributed by atoms with E-state index in [-0.39, 0.29) is 17.8 Å². The standard InChI is InChI=1S/C17H22F3N3O/c1-10(14-6-5-7-15(24)8-14)21-11(2)16-12(3)22-23(13(16)4)9-17(18,19)20/h5-8,10-11,21,24H,9H2,1-4H3. The number of aromatic hydroxyl groups is 1. The highest BCUT2D eigenvalue weighted by molar-refractivity contribution is 5.31. The first-order valence-electron chi connectivity index (χ1n) is 7.74. The molecule has 24 heavy (non-hydrogen) atoms. The van der Waals surface area contributed by atoms with Gasteiger partial charge in [0.2, 0.25) is 0 Å². The summed E-state index contributed by atoms with van der Waals surface area (Å²) in [5.41, 5.74) is 2.76. The third-order valence-corrected chi connectivity index (χ3v) is 4.07. The maximum atomic E-state index is 12.6. The Morgan fingerprint density at radius 3 is 2.46 bits per heavy atom. The molecule has 7 heteroatoms. The number of halogens is 3. The van der Waals surface area contributed by atoms with Crippen LogP contribution in [0.4, 0.5) is 13.2 Å². The maximum Gasteiger partial charge on any atom is 0.408 e. The minimum absolute atomic E-state index is 0.0723. The summed E-state index contributed by atoms with van der Waals surface area (Å²) in [6, 6.07) is 6.65. The predicted octanol–water partition coefficient (Wildman–Crippen LogP) is 4.18. The molecule has 0 radical (unpaired) electrons. The van der Waals surface area contributed by atoms with Crippen LogP contribution in [0.1, 0.15) is 48.4 Å². The van der Waals surface area contributed by atoms with E-state index in [1.54, 1.807) is 32.0 Å². The summed E-state index contributed by atoms with van der Waals surface area (Å²) in [6.45, 7) is 6.11. The van der Waals surface area contributed by atoms with Crippen molar-refractivity contribution in [3.63, 3.8) is 0 Å². The summed E-state index contributed by atoms with van der Waals surface area (Å²) >= 11 is 0. The van der Waals surface area contributed by atoms with Crippen molar-refractivity contribution in [2.75, 3.05) is 0 Å². The van der Waals surface area contributed by atoms with Gasteiger partial charge in [0, 0.05) is 23.3 Å². The van der Waals surface area contributed by atoms with Gasteiger partial charge in [0.1, 0.15) is 12.3 Å². The van der Waals surface area contributed by atoms with Gasteiger partial charge in [0.15, 0.2) is 0 Å². The van der Waals surface area contributed by atoms with Gasteiger partial charge in [-0.2, -0.15) is 18.3 Å². The second-order valence-corrected chi connectivity index (χ2v) is 6.06. The Morgan fingerprint density at radius 1 is 1.21 bits per heavy atom. The van der Waals surface area contributed by atoms with Crippen LogP contribution >= 0.6 is 0 Å². The first-order chi connectivity index (χ1) is 11.1. The van der Waals surface area contributed by atoms with Gasteiger partial charge in [-0.3, -0.25) is 4.68 Å². The minimum Gasteiger partial charge on any atom is -0.508 e. The quantitative estimate of drug-likeness (QED) is 0.858. The Kier molecular flexibility index (Phi) is 5.22. The van der Waals surface area contributed by atoms with Crippen molar-refractivity contribution < 1.29 is 18.3 Å². The molecule has 1 aromatic heterocycles. The minimum atomic E-state index is -4.30. The van der Waals surface area contributed by atoms with Crippen molar-refractivity contribution >= 4 is 0 Å². The van der Waals surface area contributed by atoms with E-state index < -0.39 is 12.7 Å². The predicted molar refractivity (Wildman–Crippen MR) is 85.8 cm³/mol. The molecule has 132 valence electrons. The third kappa shape index (κ3) is 4.29. The van der Waals surface area contributed by atoms with Gasteiger partial charge in [0.25, 0.3) is 0 Å². The molecule has 0 aliphatic rings. The van der Waals surface area contributed by atoms with Crippen molar-refractivity contribution in [2.24, 2.45) is 0 Å². The van der Waals surface area contributed by atoms with Crippen LogP contribution in [0.2, 0.25) is 0 Å². The number of hydrogen-bond acceptors (Lipinski definition) is 3. The molecule has 0 aliphatic heterocycles. The average Bonchev–Trinajstić information content (AvgIpc) is 2.71. The first kappa shape index (κ1) is 18.3. The fourth-order valence-electron chi connectivity index (χ4n) is 3.01. The van der Waals surface area contributed by atoms with Crippen molar-refractivity contribution in [3.8, 4) is 5.75 Å². The summed E-state index contributed by atoms with van der Waals surface area (Å²) in [5, 5.41) is 16.9. The Bertz CT molecular complexity index is 710. The van der Waals surface area contributed by atoms with E-state index in [2.05, 4.69) is 10.4 Å². The molecule has 0 saturated carbocycles. The molecule has 2 aromatic rings. The topological polar surface area (TPSA) is 50.1 Å². The average molecular weight is 341 g/mol. The summed E-state index contributed by atoms with van der Waals surface area (Å²) in [5.74, 6) is 0.180. The molecule has 0 saturated heterocycles. The van der Waals surface area contributed by atoms with E-state index in [1.807, 2.05) is 19.9 Å². The number of nitrogens with one attached hydrogen (secondary N) is 1. The Hall–Kier alpha value is -2.02. The molecule has 0 amide bonds. The highest BCUT2D eigenvalue weighted by atomic mass is 19.4. The van der Waals surface area contributed by atoms with E-state index in [0.717, 1.165) is 15.8 Å². The Labute approximate surface area is 139 Å². The summed E-state index contributed by atoms with van der Waals surface area (Å²) in [4.78, 5) is 0. The number of nitrogens with zero attached hydrogens (tertiary/aromatic N) is 2. The summed E-state index contributed by atoms with van der Waals surface area (Å²) < 4.78 is 38.9. The van der Waals surface area contributed by atoms with Crippen LogP contribution in [-0.4, -0.2) is 21.1 Å². The molecule has 2 unspecified atom stereocenters. The van der Waals surface area contributed by atoms with Gasteiger partial charge >= 0.3 is 6.18 Å². The molecule has 2 rings (SSSR count). The van der Waals surface area contributed by atoms with E-state index in [0.29, 0.717) is 11.4 Å². The molecule has 0 fully saturated rings. The molecule has 1 heterocycles. The van der Waals surface area contributed by atoms with Gasteiger partial charge < -0.3 is 10.4 Å². The number of benzene rings is 1. The van der Waals surface area contributed by atoms with Crippen molar-refractivity contribution in [1.82, 2.24) is 15.1 Å². The van der Waals surface area contributed by atoms with Crippen LogP contribution < -0.4 is 5.32 Å². The SMILES string of the molecule is Cc1nn(CC(F)(F)F)c(C)c1C(C)NC(C)c1cccc(O)c1. The van der Waals surface area contributed by atoms with Crippen LogP contribution in [0.5, 0.6) is 5.75 Å². The van der Waals surface area contributed by atoms with Crippen LogP contribution in [0.25, 0.3) is 0 Å². The molecule has 4 nitrogen and oxygen atoms in total. The zero-order chi connectivity index (χ0) is 18.1. The number of aryl methyl sites for hydroxylation is 1. The number of phenolic OH excluding ortho intramolecular Hbond substituents is 1. The molecule has 0 aliphatic carbocycles. The van der Waals surface area contributed by atoms with Gasteiger partial charge in [-0.15, -0.1) is 0 Å². The lowest BCUT2D eigenvalue weighted by Gasteiger charge is -2.21. The number of rotatable bonds is 5. The lowest BCUT2D eigenvalue weighted by atomic mass is 10.0. The molecule has 1 aromatic carbocycles. The van der Waals surface area contributed by atoms with Gasteiger partial charge in [-0.25, -0.2) is 0 Å². The van der Waals surface area contributed by atoms with E-state index in [9.17, 15) is 18.3 Å². The Balaban J connectivity index is 2.19. The second kappa shape index (κ2) is 6.84. The highest BCUT2D eigenvalue weighted by Crippen LogP contribution is 2.27. The molecule has 2 atom stereocenters. The normalized spacial score (nSPS) is 14.6. The van der Waals surface area contributed by atoms with Gasteiger partial charge in [-0.05, 0) is 45.4 Å². The van der Waals surface area contributed by atoms with Gasteiger partial charge in [-0.1, -0.05) is 12.1 Å². The monoisotopic (exact) mass is 341 g/mol. The largest absolute Gasteiger partial charge is 0.508 e. The summed E-state index contributed by atoms with van der Waals surface area (Å²) in [7, 11) is 0. The number of alkyl halides is 3. The van der Waals surface area contributed by atoms with E-state index >= 15 is 0 Å². The Morgan fingerprint density at radius 2 is 1.88 bits per heavy atom. The van der Waals surface area contributed by atoms with Crippen molar-refractivity contribution in [2.45, 2.75) is 52.5 Å². The fourth-order valence-corrected chi connectivity index (χ4v) is 3.01. The fraction of sp³-hybridized carbons (Fsp3) is 0.471. The van der Waals surface area contributed by atoms with Gasteiger partial charge in [0.05, 0.1) is 5.69 Å². The summed E-state index contributed by atoms with van der Waals surface area (Å²) in [6.07, 6.45) is -4.30.